The van der Waals surface area contributed by atoms with Gasteiger partial charge in [-0.15, -0.1) is 0 Å². The van der Waals surface area contributed by atoms with E-state index < -0.39 is 18.0 Å². The topological polar surface area (TPSA) is 73.9 Å². The molecule has 0 unspecified atom stereocenters. The number of hydrogen-bond acceptors (Lipinski definition) is 5. The maximum Gasteiger partial charge on any atom is 0.344 e. The van der Waals surface area contributed by atoms with Crippen molar-refractivity contribution in [2.45, 2.75) is 32.3 Å². The second-order valence-electron chi connectivity index (χ2n) is 6.39. The van der Waals surface area contributed by atoms with Gasteiger partial charge in [0.1, 0.15) is 11.5 Å². The van der Waals surface area contributed by atoms with Crippen molar-refractivity contribution < 1.29 is 23.8 Å². The van der Waals surface area contributed by atoms with E-state index in [1.54, 1.807) is 24.3 Å². The van der Waals surface area contributed by atoms with E-state index in [2.05, 4.69) is 5.32 Å². The molecule has 0 fully saturated rings. The van der Waals surface area contributed by atoms with Crippen molar-refractivity contribution >= 4 is 17.6 Å². The average molecular weight is 369 g/mol. The van der Waals surface area contributed by atoms with E-state index in [-0.39, 0.29) is 6.61 Å². The van der Waals surface area contributed by atoms with Crippen molar-refractivity contribution in [3.05, 3.63) is 53.6 Å². The number of anilines is 1. The number of fused-ring (bicyclic) bond motifs is 1. The van der Waals surface area contributed by atoms with E-state index in [1.165, 1.54) is 25.2 Å². The standard InChI is InChI=1S/C21H23NO5/c1-14(21(24)22-18-8-3-4-9-19(18)25-2)27-20(23)13-26-17-11-10-15-6-5-7-16(15)12-17/h3-4,8-12,14H,5-7,13H2,1-2H3,(H,22,24)/t14-/m0/s1. The fourth-order valence-electron chi connectivity index (χ4n) is 3.05. The Balaban J connectivity index is 1.49. The van der Waals surface area contributed by atoms with Gasteiger partial charge in [0.15, 0.2) is 12.7 Å². The van der Waals surface area contributed by atoms with E-state index in [4.69, 9.17) is 14.2 Å². The first-order chi connectivity index (χ1) is 13.1. The fraction of sp³-hybridized carbons (Fsp3) is 0.333. The maximum absolute atomic E-state index is 12.2. The minimum atomic E-state index is -0.953. The second-order valence-corrected chi connectivity index (χ2v) is 6.39. The molecule has 2 aromatic carbocycles. The quantitative estimate of drug-likeness (QED) is 0.759. The molecule has 0 aliphatic heterocycles. The van der Waals surface area contributed by atoms with E-state index in [0.717, 1.165) is 19.3 Å². The number of rotatable bonds is 7. The van der Waals surface area contributed by atoms with Crippen LogP contribution in [0.4, 0.5) is 5.69 Å². The van der Waals surface area contributed by atoms with Crippen molar-refractivity contribution in [2.24, 2.45) is 0 Å². The van der Waals surface area contributed by atoms with E-state index in [0.29, 0.717) is 17.2 Å². The number of methoxy groups -OCH3 is 1. The van der Waals surface area contributed by atoms with E-state index in [9.17, 15) is 9.59 Å². The lowest BCUT2D eigenvalue weighted by Gasteiger charge is -2.15. The SMILES string of the molecule is COc1ccccc1NC(=O)[C@H](C)OC(=O)COc1ccc2c(c1)CCC2. The van der Waals surface area contributed by atoms with Gasteiger partial charge in [0.05, 0.1) is 12.8 Å². The largest absolute Gasteiger partial charge is 0.495 e. The average Bonchev–Trinajstić information content (AvgIpc) is 3.14. The van der Waals surface area contributed by atoms with Crippen LogP contribution in [-0.4, -0.2) is 31.7 Å². The smallest absolute Gasteiger partial charge is 0.344 e. The Bertz CT molecular complexity index is 833. The maximum atomic E-state index is 12.2. The first kappa shape index (κ1) is 18.8. The highest BCUT2D eigenvalue weighted by molar-refractivity contribution is 5.96. The Morgan fingerprint density at radius 2 is 1.89 bits per heavy atom. The van der Waals surface area contributed by atoms with Gasteiger partial charge in [0.2, 0.25) is 0 Å². The number of nitrogens with one attached hydrogen (secondary N) is 1. The summed E-state index contributed by atoms with van der Waals surface area (Å²) in [5, 5.41) is 2.69. The molecule has 0 spiro atoms. The van der Waals surface area contributed by atoms with Crippen molar-refractivity contribution in [3.63, 3.8) is 0 Å². The molecule has 0 heterocycles. The normalized spacial score (nSPS) is 13.4. The Morgan fingerprint density at radius 1 is 1.11 bits per heavy atom. The summed E-state index contributed by atoms with van der Waals surface area (Å²) in [4.78, 5) is 24.2. The van der Waals surface area contributed by atoms with Gasteiger partial charge in [0, 0.05) is 0 Å². The number of carbonyl (C=O) groups excluding carboxylic acids is 2. The molecule has 0 bridgehead atoms. The molecule has 0 saturated carbocycles. The molecule has 6 nitrogen and oxygen atoms in total. The summed E-state index contributed by atoms with van der Waals surface area (Å²) in [6, 6.07) is 12.9. The lowest BCUT2D eigenvalue weighted by molar-refractivity contribution is -0.155. The van der Waals surface area contributed by atoms with Gasteiger partial charge in [0.25, 0.3) is 5.91 Å². The highest BCUT2D eigenvalue weighted by atomic mass is 16.6. The number of amides is 1. The van der Waals surface area contributed by atoms with Gasteiger partial charge >= 0.3 is 5.97 Å². The summed E-state index contributed by atoms with van der Waals surface area (Å²) in [7, 11) is 1.52. The number of aryl methyl sites for hydroxylation is 2. The van der Waals surface area contributed by atoms with E-state index >= 15 is 0 Å². The van der Waals surface area contributed by atoms with Crippen LogP contribution < -0.4 is 14.8 Å². The monoisotopic (exact) mass is 369 g/mol. The van der Waals surface area contributed by atoms with Crippen LogP contribution in [0.3, 0.4) is 0 Å². The summed E-state index contributed by atoms with van der Waals surface area (Å²) < 4.78 is 15.8. The van der Waals surface area contributed by atoms with Crippen LogP contribution in [0.25, 0.3) is 0 Å². The molecular formula is C21H23NO5. The van der Waals surface area contributed by atoms with Gasteiger partial charge in [-0.25, -0.2) is 4.79 Å². The summed E-state index contributed by atoms with van der Waals surface area (Å²) in [6.45, 7) is 1.27. The van der Waals surface area contributed by atoms with Gasteiger partial charge in [-0.05, 0) is 61.6 Å². The fourth-order valence-corrected chi connectivity index (χ4v) is 3.05. The van der Waals surface area contributed by atoms with Crippen LogP contribution in [0, 0.1) is 0 Å². The number of ether oxygens (including phenoxy) is 3. The number of benzene rings is 2. The number of carbonyl (C=O) groups is 2. The molecule has 1 amide bonds. The third-order valence-corrected chi connectivity index (χ3v) is 4.47. The third-order valence-electron chi connectivity index (χ3n) is 4.47. The number of para-hydroxylation sites is 2. The molecule has 0 aromatic heterocycles. The minimum absolute atomic E-state index is 0.245. The van der Waals surface area contributed by atoms with Crippen LogP contribution in [0.1, 0.15) is 24.5 Å². The predicted molar refractivity (Wildman–Crippen MR) is 101 cm³/mol. The highest BCUT2D eigenvalue weighted by Crippen LogP contribution is 2.26. The molecule has 1 aliphatic carbocycles. The van der Waals surface area contributed by atoms with Crippen molar-refractivity contribution in [1.29, 1.82) is 0 Å². The van der Waals surface area contributed by atoms with Gasteiger partial charge < -0.3 is 19.5 Å². The number of esters is 1. The highest BCUT2D eigenvalue weighted by Gasteiger charge is 2.20. The predicted octanol–water partition coefficient (Wildman–Crippen LogP) is 3.13. The molecule has 27 heavy (non-hydrogen) atoms. The minimum Gasteiger partial charge on any atom is -0.495 e. The molecule has 1 N–H and O–H groups in total. The first-order valence-corrected chi connectivity index (χ1v) is 8.95. The number of hydrogen-bond donors (Lipinski definition) is 1. The first-order valence-electron chi connectivity index (χ1n) is 8.95. The summed E-state index contributed by atoms with van der Waals surface area (Å²) in [5.41, 5.74) is 3.12. The lowest BCUT2D eigenvalue weighted by Crippen LogP contribution is -2.31. The van der Waals surface area contributed by atoms with Crippen molar-refractivity contribution in [1.82, 2.24) is 0 Å². The summed E-state index contributed by atoms with van der Waals surface area (Å²) >= 11 is 0. The van der Waals surface area contributed by atoms with Crippen molar-refractivity contribution in [3.8, 4) is 11.5 Å². The van der Waals surface area contributed by atoms with Crippen LogP contribution in [0.15, 0.2) is 42.5 Å². The van der Waals surface area contributed by atoms with Crippen LogP contribution in [0.2, 0.25) is 0 Å². The van der Waals surface area contributed by atoms with Gasteiger partial charge in [-0.3, -0.25) is 4.79 Å². The zero-order valence-electron chi connectivity index (χ0n) is 15.5. The van der Waals surface area contributed by atoms with Crippen LogP contribution >= 0.6 is 0 Å². The molecule has 0 saturated heterocycles. The zero-order valence-corrected chi connectivity index (χ0v) is 15.5. The Morgan fingerprint density at radius 3 is 2.70 bits per heavy atom. The molecule has 1 aliphatic rings. The molecule has 1 atom stereocenters. The molecule has 3 rings (SSSR count). The van der Waals surface area contributed by atoms with Crippen LogP contribution in [-0.2, 0) is 27.2 Å². The molecule has 2 aromatic rings. The van der Waals surface area contributed by atoms with E-state index in [1.807, 2.05) is 18.2 Å². The third kappa shape index (κ3) is 4.78. The molecular weight excluding hydrogens is 346 g/mol. The van der Waals surface area contributed by atoms with Crippen molar-refractivity contribution in [2.75, 3.05) is 19.0 Å². The second kappa shape index (κ2) is 8.58. The summed E-state index contributed by atoms with van der Waals surface area (Å²) in [5.74, 6) is 0.131. The summed E-state index contributed by atoms with van der Waals surface area (Å²) in [6.07, 6.45) is 2.33. The Kier molecular flexibility index (Phi) is 5.96. The molecule has 6 heteroatoms. The van der Waals surface area contributed by atoms with Gasteiger partial charge in [-0.2, -0.15) is 0 Å². The Hall–Kier alpha value is -3.02. The zero-order chi connectivity index (χ0) is 19.2. The molecule has 142 valence electrons. The molecule has 0 radical (unpaired) electrons. The lowest BCUT2D eigenvalue weighted by atomic mass is 10.1. The Labute approximate surface area is 158 Å². The van der Waals surface area contributed by atoms with Crippen LogP contribution in [0.5, 0.6) is 11.5 Å². The van der Waals surface area contributed by atoms with Gasteiger partial charge in [-0.1, -0.05) is 18.2 Å².